The number of carbonyl (C=O) groups excluding carboxylic acids is 2. The molecule has 1 aromatic carbocycles. The van der Waals surface area contributed by atoms with E-state index in [1.54, 1.807) is 12.1 Å². The molecule has 628 valence electrons. The van der Waals surface area contributed by atoms with Crippen molar-refractivity contribution in [2.75, 3.05) is 61.0 Å². The summed E-state index contributed by atoms with van der Waals surface area (Å²) >= 11 is 0. The third-order valence-electron chi connectivity index (χ3n) is 27.4. The smallest absolute Gasteiger partial charge is 0.331 e. The van der Waals surface area contributed by atoms with Crippen LogP contribution in [0.3, 0.4) is 0 Å². The summed E-state index contributed by atoms with van der Waals surface area (Å²) in [7, 11) is 4.23. The van der Waals surface area contributed by atoms with Crippen LogP contribution < -0.4 is 14.2 Å². The first-order valence-corrected chi connectivity index (χ1v) is 38.3. The van der Waals surface area contributed by atoms with Gasteiger partial charge >= 0.3 is 17.9 Å². The Morgan fingerprint density at radius 1 is 0.577 bits per heavy atom. The molecule has 111 heavy (non-hydrogen) atoms. The molecular weight excluding hydrogens is 1470 g/mol. The van der Waals surface area contributed by atoms with E-state index in [4.69, 9.17) is 71.1 Å². The highest BCUT2D eigenvalue weighted by Crippen LogP contribution is 2.76. The second kappa shape index (κ2) is 32.8. The van der Waals surface area contributed by atoms with Gasteiger partial charge in [0.1, 0.15) is 85.0 Å². The summed E-state index contributed by atoms with van der Waals surface area (Å²) in [6.07, 6.45) is -38.2. The summed E-state index contributed by atoms with van der Waals surface area (Å²) in [6, 6.07) is 3.11. The predicted molar refractivity (Wildman–Crippen MR) is 374 cm³/mol. The highest BCUT2D eigenvalue weighted by atomic mass is 16.8. The van der Waals surface area contributed by atoms with Crippen molar-refractivity contribution >= 4 is 24.0 Å². The Morgan fingerprint density at radius 3 is 1.82 bits per heavy atom. The van der Waals surface area contributed by atoms with Gasteiger partial charge in [-0.1, -0.05) is 39.3 Å². The number of rotatable bonds is 22. The summed E-state index contributed by atoms with van der Waals surface area (Å²) in [4.78, 5) is 44.4. The van der Waals surface area contributed by atoms with Gasteiger partial charge in [-0.2, -0.15) is 0 Å². The topological polar surface area (TPSA) is 534 Å². The fourth-order valence-corrected chi connectivity index (χ4v) is 20.9. The van der Waals surface area contributed by atoms with E-state index < -0.39 is 272 Å². The molecule has 36 atom stereocenters. The molecule has 12 rings (SSSR count). The zero-order valence-electron chi connectivity index (χ0n) is 64.0. The Hall–Kier alpha value is -4.53. The molecule has 5 saturated heterocycles. The second-order valence-corrected chi connectivity index (χ2v) is 34.2. The molecule has 17 N–H and O–H groups in total. The Bertz CT molecular complexity index is 3480. The highest BCUT2D eigenvalue weighted by Gasteiger charge is 2.74. The van der Waals surface area contributed by atoms with Crippen molar-refractivity contribution in [1.29, 1.82) is 0 Å². The van der Waals surface area contributed by atoms with Gasteiger partial charge in [-0.25, -0.2) is 4.79 Å². The van der Waals surface area contributed by atoms with Crippen LogP contribution in [0.15, 0.2) is 29.9 Å². The monoisotopic (exact) mass is 1590 g/mol. The molecule has 1 aromatic rings. The number of aliphatic carboxylic acids is 1. The quantitative estimate of drug-likeness (QED) is 0.0325. The number of hydrogen-bond acceptors (Lipinski definition) is 34. The van der Waals surface area contributed by atoms with E-state index in [0.717, 1.165) is 11.6 Å². The van der Waals surface area contributed by atoms with Crippen molar-refractivity contribution in [1.82, 2.24) is 0 Å². The molecule has 5 heterocycles. The third kappa shape index (κ3) is 15.0. The number of carboxylic acid groups (broad SMARTS) is 1. The van der Waals surface area contributed by atoms with Crippen LogP contribution in [0.5, 0.6) is 17.2 Å². The first kappa shape index (κ1) is 85.8. The third-order valence-corrected chi connectivity index (χ3v) is 27.4. The zero-order valence-corrected chi connectivity index (χ0v) is 64.0. The van der Waals surface area contributed by atoms with Crippen LogP contribution in [0.25, 0.3) is 6.08 Å². The van der Waals surface area contributed by atoms with Gasteiger partial charge < -0.3 is 158 Å². The molecule has 5 saturated carbocycles. The number of carbonyl (C=O) groups is 3. The average Bonchev–Trinajstić information content (AvgIpc) is 1.10. The number of methoxy groups -OCH3 is 3. The van der Waals surface area contributed by atoms with Crippen LogP contribution in [0.2, 0.25) is 0 Å². The number of ether oxygens (including phenoxy) is 15. The Balaban J connectivity index is 0.857. The first-order chi connectivity index (χ1) is 52.3. The molecule has 0 unspecified atom stereocenters. The van der Waals surface area contributed by atoms with Gasteiger partial charge in [0.2, 0.25) is 12.0 Å². The molecule has 0 aromatic heterocycles. The van der Waals surface area contributed by atoms with Gasteiger partial charge in [-0.15, -0.1) is 0 Å². The van der Waals surface area contributed by atoms with Crippen molar-refractivity contribution in [3.8, 4) is 17.2 Å². The molecule has 11 aliphatic rings. The molecule has 0 radical (unpaired) electrons. The fourth-order valence-electron chi connectivity index (χ4n) is 20.9. The minimum atomic E-state index is -2.30. The summed E-state index contributed by atoms with van der Waals surface area (Å²) < 4.78 is 90.2. The summed E-state index contributed by atoms with van der Waals surface area (Å²) in [5.41, 5.74) is -7.56. The maximum atomic E-state index is 16.2. The lowest BCUT2D eigenvalue weighted by molar-refractivity contribution is -0.388. The maximum absolute atomic E-state index is 16.2. The van der Waals surface area contributed by atoms with Crippen LogP contribution in [0.4, 0.5) is 0 Å². The fraction of sp³-hybridized carbons (Fsp3) is 0.829. The van der Waals surface area contributed by atoms with E-state index in [0.29, 0.717) is 31.2 Å². The molecule has 5 aliphatic heterocycles. The summed E-state index contributed by atoms with van der Waals surface area (Å²) in [5, 5.41) is 191. The molecule has 35 nitrogen and oxygen atoms in total. The van der Waals surface area contributed by atoms with Gasteiger partial charge in [0.05, 0.1) is 102 Å². The second-order valence-electron chi connectivity index (χ2n) is 34.2. The number of fused-ring (bicyclic) bond motifs is 7. The van der Waals surface area contributed by atoms with Crippen LogP contribution in [-0.4, -0.2) is 331 Å². The van der Waals surface area contributed by atoms with E-state index in [1.165, 1.54) is 48.2 Å². The highest BCUT2D eigenvalue weighted by molar-refractivity contribution is 5.87. The van der Waals surface area contributed by atoms with Crippen LogP contribution in [0, 0.1) is 56.2 Å². The number of benzene rings is 1. The minimum Gasteiger partial charge on any atom is -0.493 e. The number of carboxylic acids is 1. The van der Waals surface area contributed by atoms with Crippen molar-refractivity contribution in [2.24, 2.45) is 56.2 Å². The van der Waals surface area contributed by atoms with Crippen molar-refractivity contribution in [3.63, 3.8) is 0 Å². The molecule has 0 bridgehead atoms. The summed E-state index contributed by atoms with van der Waals surface area (Å²) in [6.45, 7) is 8.81. The SMILES string of the molecule is COc1cc(/C=C/C(=O)O[C@@H]2[C@H](O)[C@@H](O[C@@H]3O[C@@H](C)[C@H](O[C@@H]4OC[C@@H](O)[C@H](O[C@@H]5OC[C@H](O)[C@H](O)[C@H]5O)[C@H]4O)[C@@H](O[C@@H]4OC[C@](O)(CO)[C@H]4O)[C@H]3O)[C@H](OC(=O)[C@]34CCC(C)(C)C[C@@H]3C3=CC[C@@H]5[C@]6(C)C[C@H](O)[C@@H](O[C@@H]7C[C@H](CO)[C@@H](O)[C@H](O)[C@H]7O)[C@](C)(C(=O)O)[C@H]6CC[C@@]5(C)[C@@]3(CO)CC4)O[C@@H]2C)cc(OC)c1OC. The van der Waals surface area contributed by atoms with E-state index >= 15 is 4.79 Å². The molecular formula is C76H114O35. The number of allylic oxidation sites excluding steroid dienone is 1. The largest absolute Gasteiger partial charge is 0.493 e. The lowest BCUT2D eigenvalue weighted by atomic mass is 9.33. The molecule has 10 fully saturated rings. The van der Waals surface area contributed by atoms with Gasteiger partial charge in [0.25, 0.3) is 0 Å². The van der Waals surface area contributed by atoms with Crippen molar-refractivity contribution < 1.29 is 172 Å². The number of aliphatic hydroxyl groups is 16. The summed E-state index contributed by atoms with van der Waals surface area (Å²) in [5.74, 6) is -4.93. The molecule has 6 aliphatic carbocycles. The van der Waals surface area contributed by atoms with Crippen molar-refractivity contribution in [2.45, 2.75) is 278 Å². The van der Waals surface area contributed by atoms with E-state index in [9.17, 15) is 96.4 Å². The lowest BCUT2D eigenvalue weighted by Crippen LogP contribution is -2.70. The average molecular weight is 1590 g/mol. The van der Waals surface area contributed by atoms with Crippen LogP contribution in [0.1, 0.15) is 118 Å². The standard InChI is InChI=1S/C76H114O35/c1-32-55(106-46(83)14-11-34-21-42(97-8)58(99-10)43(22-34)98-9)52(89)60(110-65-54(91)59(109-67-61(92)76(96,30-79)31-102-67)56(33(2)103-65)107-64-53(90)57(40(82)28-101-64)108-63-51(88)48(85)39(81)27-100-63)66(104-32)111-69(95)74-18-17-70(3,4)24-37(74)36-12-13-44-71(5)25-38(80)62(105-41-23-35(26-77)47(84)50(87)49(41)86)73(7,68(93)94)45(71)15-16-72(44,6)75(36,29-78)20-19-74/h11-12,14,21-22,32-33,35,37-41,44-45,47-57,59-67,77-82,84-92,96H,13,15-20,23-31H2,1-10H3,(H,93,94)/b14-11+/t32-,33+,35-,37-,38+,39+,40-,41-,44-,45+,47-,48+,49+,50+,51-,52+,53-,54-,55+,56+,57+,59+,60-,61+,62-,63+,64+,65+,66+,67+,71+,72-,73-,74+,75-,76-/m1/s1. The maximum Gasteiger partial charge on any atom is 0.331 e. The number of esters is 2. The van der Waals surface area contributed by atoms with E-state index in [2.05, 4.69) is 26.8 Å². The van der Waals surface area contributed by atoms with E-state index in [-0.39, 0.29) is 62.4 Å². The Labute approximate surface area is 641 Å². The van der Waals surface area contributed by atoms with Crippen LogP contribution >= 0.6 is 0 Å². The normalized spacial score (nSPS) is 48.4. The Kier molecular flexibility index (Phi) is 25.3. The minimum absolute atomic E-state index is 0.0326. The number of hydrogen-bond donors (Lipinski definition) is 17. The van der Waals surface area contributed by atoms with Gasteiger partial charge in [0.15, 0.2) is 48.9 Å². The number of aliphatic hydroxyl groups excluding tert-OH is 15. The molecule has 0 spiro atoms. The van der Waals surface area contributed by atoms with Gasteiger partial charge in [-0.05, 0) is 143 Å². The lowest BCUT2D eigenvalue weighted by Gasteiger charge is -2.71. The van der Waals surface area contributed by atoms with Gasteiger partial charge in [0, 0.05) is 24.0 Å². The van der Waals surface area contributed by atoms with Crippen molar-refractivity contribution in [3.05, 3.63) is 35.4 Å². The van der Waals surface area contributed by atoms with E-state index in [1.807, 2.05) is 6.92 Å². The zero-order chi connectivity index (χ0) is 80.9. The molecule has 35 heteroatoms. The first-order valence-electron chi connectivity index (χ1n) is 38.3. The molecule has 0 amide bonds. The Morgan fingerprint density at radius 2 is 1.19 bits per heavy atom. The van der Waals surface area contributed by atoms with Gasteiger partial charge in [-0.3, -0.25) is 9.59 Å². The van der Waals surface area contributed by atoms with Crippen LogP contribution in [-0.2, 0) is 71.2 Å². The predicted octanol–water partition coefficient (Wildman–Crippen LogP) is -2.45.